The van der Waals surface area contributed by atoms with Gasteiger partial charge in [0.2, 0.25) is 0 Å². The molecule has 0 bridgehead atoms. The van der Waals surface area contributed by atoms with Gasteiger partial charge in [0.05, 0.1) is 0 Å². The van der Waals surface area contributed by atoms with Crippen LogP contribution in [0.25, 0.3) is 16.3 Å². The maximum atomic E-state index is 2.41. The van der Waals surface area contributed by atoms with E-state index in [4.69, 9.17) is 0 Å². The molecule has 4 aromatic rings. The Morgan fingerprint density at radius 2 is 1.39 bits per heavy atom. The number of benzene rings is 4. The Bertz CT molecular complexity index is 1450. The van der Waals surface area contributed by atoms with Crippen molar-refractivity contribution >= 4 is 16.3 Å². The number of hydrogen-bond acceptors (Lipinski definition) is 0. The van der Waals surface area contributed by atoms with E-state index in [1.54, 1.807) is 0 Å². The van der Waals surface area contributed by atoms with Crippen molar-refractivity contribution < 1.29 is 0 Å². The van der Waals surface area contributed by atoms with Crippen molar-refractivity contribution in [3.63, 3.8) is 0 Å². The third kappa shape index (κ3) is 3.05. The van der Waals surface area contributed by atoms with Gasteiger partial charge < -0.3 is 0 Å². The first-order valence-corrected chi connectivity index (χ1v) is 12.1. The third-order valence-corrected chi connectivity index (χ3v) is 7.68. The molecule has 4 aromatic carbocycles. The predicted molar refractivity (Wildman–Crippen MR) is 138 cm³/mol. The molecule has 0 aromatic heterocycles. The Balaban J connectivity index is 1.46. The van der Waals surface area contributed by atoms with E-state index < -0.39 is 0 Å². The summed E-state index contributed by atoms with van der Waals surface area (Å²) in [5.74, 6) is 1.42. The maximum absolute atomic E-state index is 2.41. The second-order valence-electron chi connectivity index (χ2n) is 9.63. The molecule has 3 aliphatic carbocycles. The maximum Gasteiger partial charge on any atom is 0.0205 e. The van der Waals surface area contributed by atoms with Gasteiger partial charge in [0.15, 0.2) is 0 Å². The quantitative estimate of drug-likeness (QED) is 0.311. The van der Waals surface area contributed by atoms with Crippen LogP contribution in [-0.2, 0) is 0 Å². The van der Waals surface area contributed by atoms with Crippen LogP contribution >= 0.6 is 0 Å². The summed E-state index contributed by atoms with van der Waals surface area (Å²) in [5, 5.41) is 2.68. The summed E-state index contributed by atoms with van der Waals surface area (Å²) in [6.45, 7) is 0. The van der Waals surface area contributed by atoms with Gasteiger partial charge in [-0.05, 0) is 68.5 Å². The van der Waals surface area contributed by atoms with Crippen LogP contribution in [0.4, 0.5) is 0 Å². The van der Waals surface area contributed by atoms with E-state index in [9.17, 15) is 0 Å². The minimum absolute atomic E-state index is 0.304. The molecular weight excluding hydrogens is 396 g/mol. The van der Waals surface area contributed by atoms with Gasteiger partial charge >= 0.3 is 0 Å². The van der Waals surface area contributed by atoms with Crippen molar-refractivity contribution in [1.82, 2.24) is 0 Å². The van der Waals surface area contributed by atoms with E-state index in [0.717, 1.165) is 5.92 Å². The van der Waals surface area contributed by atoms with Gasteiger partial charge in [-0.25, -0.2) is 0 Å². The Labute approximate surface area is 195 Å². The summed E-state index contributed by atoms with van der Waals surface area (Å²) in [6.07, 6.45) is 11.9. The van der Waals surface area contributed by atoms with Gasteiger partial charge in [-0.15, -0.1) is 0 Å². The molecule has 0 nitrogen and oxygen atoms in total. The summed E-state index contributed by atoms with van der Waals surface area (Å²) < 4.78 is 0. The normalized spacial score (nSPS) is 21.2. The fourth-order valence-corrected chi connectivity index (χ4v) is 5.99. The molecule has 7 rings (SSSR count). The monoisotopic (exact) mass is 422 g/mol. The molecule has 0 radical (unpaired) electrons. The molecule has 1 fully saturated rings. The van der Waals surface area contributed by atoms with Crippen molar-refractivity contribution in [3.05, 3.63) is 149 Å². The first-order chi connectivity index (χ1) is 16.4. The number of hydrogen-bond donors (Lipinski definition) is 0. The van der Waals surface area contributed by atoms with Crippen molar-refractivity contribution in [2.75, 3.05) is 0 Å². The second-order valence-corrected chi connectivity index (χ2v) is 9.63. The molecular formula is C33H26. The molecule has 0 heteroatoms. The molecule has 0 saturated heterocycles. The molecule has 0 spiro atoms. The molecule has 3 aliphatic rings. The molecule has 33 heavy (non-hydrogen) atoms. The van der Waals surface area contributed by atoms with Crippen LogP contribution < -0.4 is 0 Å². The van der Waals surface area contributed by atoms with Crippen LogP contribution in [-0.4, -0.2) is 0 Å². The smallest absolute Gasteiger partial charge is 0.0205 e. The highest BCUT2D eigenvalue weighted by atomic mass is 14.4. The van der Waals surface area contributed by atoms with E-state index in [-0.39, 0.29) is 0 Å². The Hall–Kier alpha value is -3.64. The molecule has 0 aliphatic heterocycles. The number of fused-ring (bicyclic) bond motifs is 3. The highest BCUT2D eigenvalue weighted by molar-refractivity contribution is 5.91. The molecule has 158 valence electrons. The third-order valence-electron chi connectivity index (χ3n) is 7.68. The Kier molecular flexibility index (Phi) is 4.27. The summed E-state index contributed by atoms with van der Waals surface area (Å²) in [4.78, 5) is 0. The Morgan fingerprint density at radius 1 is 0.636 bits per heavy atom. The summed E-state index contributed by atoms with van der Waals surface area (Å²) in [6, 6.07) is 34.1. The van der Waals surface area contributed by atoms with Crippen molar-refractivity contribution in [3.8, 4) is 0 Å². The van der Waals surface area contributed by atoms with Crippen molar-refractivity contribution in [1.29, 1.82) is 0 Å². The molecule has 0 amide bonds. The van der Waals surface area contributed by atoms with Gasteiger partial charge in [-0.2, -0.15) is 0 Å². The zero-order valence-corrected chi connectivity index (χ0v) is 18.6. The van der Waals surface area contributed by atoms with Crippen LogP contribution in [0.5, 0.6) is 0 Å². The first kappa shape index (κ1) is 18.9. The van der Waals surface area contributed by atoms with Gasteiger partial charge in [0.1, 0.15) is 0 Å². The van der Waals surface area contributed by atoms with Crippen LogP contribution in [0.3, 0.4) is 0 Å². The van der Waals surface area contributed by atoms with E-state index in [0.29, 0.717) is 11.8 Å². The fourth-order valence-electron chi connectivity index (χ4n) is 5.99. The number of rotatable bonds is 3. The predicted octanol–water partition coefficient (Wildman–Crippen LogP) is 8.41. The highest BCUT2D eigenvalue weighted by Crippen LogP contribution is 2.51. The zero-order valence-electron chi connectivity index (χ0n) is 18.6. The average molecular weight is 423 g/mol. The second kappa shape index (κ2) is 7.46. The lowest BCUT2D eigenvalue weighted by atomic mass is 9.66. The highest BCUT2D eigenvalue weighted by Gasteiger charge is 2.36. The van der Waals surface area contributed by atoms with E-state index >= 15 is 0 Å². The topological polar surface area (TPSA) is 0 Å². The van der Waals surface area contributed by atoms with E-state index in [1.165, 1.54) is 62.6 Å². The zero-order chi connectivity index (χ0) is 21.8. The van der Waals surface area contributed by atoms with Gasteiger partial charge in [0, 0.05) is 11.8 Å². The number of allylic oxidation sites excluding steroid dienone is 5. The first-order valence-electron chi connectivity index (χ1n) is 12.1. The molecule has 1 saturated carbocycles. The van der Waals surface area contributed by atoms with E-state index in [2.05, 4.69) is 115 Å². The van der Waals surface area contributed by atoms with Gasteiger partial charge in [-0.3, -0.25) is 0 Å². The lowest BCUT2D eigenvalue weighted by Crippen LogP contribution is -2.23. The summed E-state index contributed by atoms with van der Waals surface area (Å²) in [5.41, 5.74) is 9.90. The lowest BCUT2D eigenvalue weighted by Gasteiger charge is -2.37. The van der Waals surface area contributed by atoms with Crippen LogP contribution in [0.2, 0.25) is 0 Å². The van der Waals surface area contributed by atoms with Gasteiger partial charge in [0.25, 0.3) is 0 Å². The minimum Gasteiger partial charge on any atom is -0.0760 e. The van der Waals surface area contributed by atoms with E-state index in [1.807, 2.05) is 0 Å². The average Bonchev–Trinajstić information content (AvgIpc) is 3.73. The lowest BCUT2D eigenvalue weighted by molar-refractivity contribution is 0.653. The fraction of sp³-hybridized carbons (Fsp3) is 0.152. The standard InChI is InChI=1S/C33H26/c1-2-10-26-24(8-1)9-7-15-27(26)33-30-13-5-3-11-28(30)32(29-12-4-6-14-31(29)33)25-20-18-23(19-21-25)22-16-17-22/h1-15,18-22,30,33H,16-17H2. The SMILES string of the molecule is C1=CC2=C(c3ccc(C4CC4)cc3)c3ccccc3C(c3cccc4ccccc34)C2C=C1. The largest absolute Gasteiger partial charge is 0.0760 e. The summed E-state index contributed by atoms with van der Waals surface area (Å²) in [7, 11) is 0. The van der Waals surface area contributed by atoms with Gasteiger partial charge in [-0.1, -0.05) is 115 Å². The molecule has 2 atom stereocenters. The van der Waals surface area contributed by atoms with Crippen molar-refractivity contribution in [2.45, 2.75) is 24.7 Å². The molecule has 2 unspecified atom stereocenters. The molecule has 0 N–H and O–H groups in total. The van der Waals surface area contributed by atoms with Crippen LogP contribution in [0, 0.1) is 5.92 Å². The Morgan fingerprint density at radius 3 is 2.27 bits per heavy atom. The van der Waals surface area contributed by atoms with Crippen LogP contribution in [0.15, 0.2) is 121 Å². The minimum atomic E-state index is 0.304. The van der Waals surface area contributed by atoms with Crippen molar-refractivity contribution in [2.24, 2.45) is 5.92 Å². The molecule has 0 heterocycles. The van der Waals surface area contributed by atoms with Crippen LogP contribution in [0.1, 0.15) is 52.5 Å². The summed E-state index contributed by atoms with van der Waals surface area (Å²) >= 11 is 0.